The lowest BCUT2D eigenvalue weighted by Gasteiger charge is -2.12. The van der Waals surface area contributed by atoms with Gasteiger partial charge in [0.2, 0.25) is 5.91 Å². The maximum absolute atomic E-state index is 12.0. The predicted octanol–water partition coefficient (Wildman–Crippen LogP) is 3.78. The Morgan fingerprint density at radius 1 is 1.46 bits per heavy atom. The number of thiophene rings is 1. The van der Waals surface area contributed by atoms with Crippen molar-refractivity contribution < 1.29 is 14.5 Å². The second-order valence-electron chi connectivity index (χ2n) is 5.06. The van der Waals surface area contributed by atoms with Gasteiger partial charge in [0.25, 0.3) is 0 Å². The zero-order chi connectivity index (χ0) is 17.5. The van der Waals surface area contributed by atoms with Gasteiger partial charge in [-0.15, -0.1) is 23.1 Å². The molecule has 0 aliphatic rings. The number of thioether (sulfide) groups is 1. The summed E-state index contributed by atoms with van der Waals surface area (Å²) in [5.74, 6) is 1.00. The van der Waals surface area contributed by atoms with Gasteiger partial charge < -0.3 is 10.1 Å². The van der Waals surface area contributed by atoms with Crippen LogP contribution in [0.2, 0.25) is 0 Å². The quantitative estimate of drug-likeness (QED) is 0.568. The second kappa shape index (κ2) is 8.70. The minimum atomic E-state index is -0.470. The molecule has 1 heterocycles. The first kappa shape index (κ1) is 18.3. The van der Waals surface area contributed by atoms with Gasteiger partial charge in [-0.2, -0.15) is 0 Å². The lowest BCUT2D eigenvalue weighted by Crippen LogP contribution is -2.27. The molecule has 1 N–H and O–H groups in total. The number of amides is 1. The molecule has 128 valence electrons. The molecule has 2 aromatic rings. The first-order valence-corrected chi connectivity index (χ1v) is 9.26. The number of ether oxygens (including phenoxy) is 1. The Morgan fingerprint density at radius 3 is 2.88 bits per heavy atom. The molecule has 0 radical (unpaired) electrons. The van der Waals surface area contributed by atoms with Gasteiger partial charge in [0.15, 0.2) is 5.75 Å². The third kappa shape index (κ3) is 4.97. The minimum Gasteiger partial charge on any atom is -0.490 e. The van der Waals surface area contributed by atoms with Crippen LogP contribution < -0.4 is 10.1 Å². The van der Waals surface area contributed by atoms with Crippen LogP contribution in [0.1, 0.15) is 23.4 Å². The van der Waals surface area contributed by atoms with Crippen LogP contribution in [-0.2, 0) is 10.5 Å². The molecule has 1 aromatic heterocycles. The van der Waals surface area contributed by atoms with E-state index in [2.05, 4.69) is 5.32 Å². The van der Waals surface area contributed by atoms with E-state index in [1.165, 1.54) is 24.9 Å². The first-order chi connectivity index (χ1) is 11.5. The molecule has 0 spiro atoms. The second-order valence-corrected chi connectivity index (χ2v) is 7.03. The predicted molar refractivity (Wildman–Crippen MR) is 96.7 cm³/mol. The first-order valence-electron chi connectivity index (χ1n) is 7.23. The molecule has 0 saturated heterocycles. The Kier molecular flexibility index (Phi) is 6.62. The molecule has 1 atom stereocenters. The Morgan fingerprint density at radius 2 is 2.25 bits per heavy atom. The summed E-state index contributed by atoms with van der Waals surface area (Å²) in [4.78, 5) is 23.6. The number of benzene rings is 1. The molecule has 24 heavy (non-hydrogen) atoms. The molecule has 0 bridgehead atoms. The van der Waals surface area contributed by atoms with E-state index in [1.807, 2.05) is 24.4 Å². The highest BCUT2D eigenvalue weighted by Crippen LogP contribution is 2.29. The minimum absolute atomic E-state index is 0.0137. The van der Waals surface area contributed by atoms with Gasteiger partial charge in [0.1, 0.15) is 0 Å². The average Bonchev–Trinajstić information content (AvgIpc) is 3.09. The van der Waals surface area contributed by atoms with Crippen LogP contribution in [0.4, 0.5) is 5.69 Å². The summed E-state index contributed by atoms with van der Waals surface area (Å²) in [6.45, 7) is 1.95. The van der Waals surface area contributed by atoms with Gasteiger partial charge >= 0.3 is 5.69 Å². The fraction of sp³-hybridized carbons (Fsp3) is 0.312. The van der Waals surface area contributed by atoms with E-state index in [1.54, 1.807) is 23.5 Å². The van der Waals surface area contributed by atoms with Gasteiger partial charge in [-0.1, -0.05) is 12.1 Å². The van der Waals surface area contributed by atoms with Crippen LogP contribution in [-0.4, -0.2) is 23.7 Å². The van der Waals surface area contributed by atoms with E-state index in [4.69, 9.17) is 4.74 Å². The van der Waals surface area contributed by atoms with Gasteiger partial charge in [-0.05, 0) is 30.0 Å². The lowest BCUT2D eigenvalue weighted by atomic mass is 10.2. The van der Waals surface area contributed by atoms with Crippen molar-refractivity contribution in [2.75, 3.05) is 12.9 Å². The van der Waals surface area contributed by atoms with Crippen LogP contribution in [0.15, 0.2) is 35.7 Å². The molecule has 2 rings (SSSR count). The Balaban J connectivity index is 1.84. The molecule has 0 aliphatic carbocycles. The normalized spacial score (nSPS) is 11.8. The average molecular weight is 366 g/mol. The van der Waals surface area contributed by atoms with Gasteiger partial charge in [0.05, 0.1) is 23.8 Å². The van der Waals surface area contributed by atoms with Gasteiger partial charge in [-0.3, -0.25) is 14.9 Å². The number of nitrogens with one attached hydrogen (secondary N) is 1. The third-order valence-electron chi connectivity index (χ3n) is 3.29. The Hall–Kier alpha value is -2.06. The zero-order valence-corrected chi connectivity index (χ0v) is 15.0. The Labute approximate surface area is 148 Å². The third-order valence-corrected chi connectivity index (χ3v) is 5.35. The maximum atomic E-state index is 12.0. The van der Waals surface area contributed by atoms with E-state index >= 15 is 0 Å². The molecular weight excluding hydrogens is 348 g/mol. The van der Waals surface area contributed by atoms with Crippen LogP contribution in [0.5, 0.6) is 5.75 Å². The summed E-state index contributed by atoms with van der Waals surface area (Å²) in [7, 11) is 1.40. The highest BCUT2D eigenvalue weighted by Gasteiger charge is 2.15. The molecule has 1 aromatic carbocycles. The van der Waals surface area contributed by atoms with Crippen molar-refractivity contribution in [2.45, 2.75) is 18.7 Å². The van der Waals surface area contributed by atoms with Crippen molar-refractivity contribution in [2.24, 2.45) is 0 Å². The molecule has 0 fully saturated rings. The number of rotatable bonds is 8. The van der Waals surface area contributed by atoms with E-state index < -0.39 is 4.92 Å². The van der Waals surface area contributed by atoms with Crippen molar-refractivity contribution in [1.82, 2.24) is 5.32 Å². The molecule has 1 unspecified atom stereocenters. The van der Waals surface area contributed by atoms with Crippen molar-refractivity contribution in [1.29, 1.82) is 0 Å². The smallest absolute Gasteiger partial charge is 0.311 e. The van der Waals surface area contributed by atoms with Crippen LogP contribution in [0.25, 0.3) is 0 Å². The van der Waals surface area contributed by atoms with Crippen molar-refractivity contribution >= 4 is 34.7 Å². The van der Waals surface area contributed by atoms with E-state index in [9.17, 15) is 14.9 Å². The summed E-state index contributed by atoms with van der Waals surface area (Å²) in [5.41, 5.74) is 0.720. The summed E-state index contributed by atoms with van der Waals surface area (Å²) in [6.07, 6.45) is 0. The zero-order valence-electron chi connectivity index (χ0n) is 13.4. The summed E-state index contributed by atoms with van der Waals surface area (Å²) >= 11 is 3.02. The highest BCUT2D eigenvalue weighted by atomic mass is 32.2. The van der Waals surface area contributed by atoms with E-state index in [0.717, 1.165) is 10.4 Å². The molecule has 0 aliphatic heterocycles. The van der Waals surface area contributed by atoms with Crippen molar-refractivity contribution in [3.63, 3.8) is 0 Å². The number of nitro benzene ring substituents is 1. The summed E-state index contributed by atoms with van der Waals surface area (Å²) in [5, 5.41) is 15.9. The number of hydrogen-bond donors (Lipinski definition) is 1. The molecule has 6 nitrogen and oxygen atoms in total. The number of hydrogen-bond acceptors (Lipinski definition) is 6. The standard InChI is InChI=1S/C16H18N2O4S2/c1-11(15-4-3-7-24-15)17-16(19)10-23-9-12-5-6-14(22-2)13(8-12)18(20)21/h3-8,11H,9-10H2,1-2H3,(H,17,19). The van der Waals surface area contributed by atoms with E-state index in [-0.39, 0.29) is 23.4 Å². The Bertz CT molecular complexity index is 704. The number of nitrogens with zero attached hydrogens (tertiary/aromatic N) is 1. The van der Waals surface area contributed by atoms with E-state index in [0.29, 0.717) is 11.5 Å². The van der Waals surface area contributed by atoms with Crippen LogP contribution in [0, 0.1) is 10.1 Å². The fourth-order valence-corrected chi connectivity index (χ4v) is 3.64. The molecule has 1 amide bonds. The number of carbonyl (C=O) groups excluding carboxylic acids is 1. The van der Waals surface area contributed by atoms with Crippen molar-refractivity contribution in [3.05, 3.63) is 56.3 Å². The van der Waals surface area contributed by atoms with Crippen LogP contribution in [0.3, 0.4) is 0 Å². The van der Waals surface area contributed by atoms with Gasteiger partial charge in [0, 0.05) is 16.7 Å². The summed E-state index contributed by atoms with van der Waals surface area (Å²) < 4.78 is 4.97. The largest absolute Gasteiger partial charge is 0.490 e. The topological polar surface area (TPSA) is 81.5 Å². The SMILES string of the molecule is COc1ccc(CSCC(=O)NC(C)c2cccs2)cc1[N+](=O)[O-]. The van der Waals surface area contributed by atoms with Crippen LogP contribution >= 0.6 is 23.1 Å². The highest BCUT2D eigenvalue weighted by molar-refractivity contribution is 7.99. The lowest BCUT2D eigenvalue weighted by molar-refractivity contribution is -0.385. The number of nitro groups is 1. The molecular formula is C16H18N2O4S2. The summed E-state index contributed by atoms with van der Waals surface area (Å²) in [6, 6.07) is 8.75. The number of carbonyl (C=O) groups is 1. The monoisotopic (exact) mass is 366 g/mol. The molecule has 8 heteroatoms. The number of methoxy groups -OCH3 is 1. The van der Waals surface area contributed by atoms with Crippen molar-refractivity contribution in [3.8, 4) is 5.75 Å². The fourth-order valence-electron chi connectivity index (χ4n) is 2.12. The molecule has 0 saturated carbocycles. The van der Waals surface area contributed by atoms with Gasteiger partial charge in [-0.25, -0.2) is 0 Å². The maximum Gasteiger partial charge on any atom is 0.311 e.